The van der Waals surface area contributed by atoms with Crippen LogP contribution in [0.1, 0.15) is 26.7 Å². The van der Waals surface area contributed by atoms with Crippen molar-refractivity contribution in [2.45, 2.75) is 38.8 Å². The fraction of sp³-hybridized carbons (Fsp3) is 0.429. The number of carboxylic acids is 1. The Bertz CT molecular complexity index is 523. The molecule has 0 spiro atoms. The second-order valence-corrected chi connectivity index (χ2v) is 5.44. The van der Waals surface area contributed by atoms with Gasteiger partial charge < -0.3 is 10.4 Å². The first-order valence-electron chi connectivity index (χ1n) is 6.60. The number of carbonyl (C=O) groups excluding carboxylic acids is 1. The highest BCUT2D eigenvalue weighted by molar-refractivity contribution is 6.44. The Balaban J connectivity index is 2.70. The van der Waals surface area contributed by atoms with Crippen LogP contribution in [0.15, 0.2) is 18.2 Å². The molecule has 1 amide bonds. The Labute approximate surface area is 133 Å². The largest absolute Gasteiger partial charge is 0.480 e. The molecular weight excluding hydrogens is 315 g/mol. The second-order valence-electron chi connectivity index (χ2n) is 4.66. The van der Waals surface area contributed by atoms with Crippen LogP contribution in [0.2, 0.25) is 10.0 Å². The van der Waals surface area contributed by atoms with Gasteiger partial charge in [0.25, 0.3) is 0 Å². The van der Waals surface area contributed by atoms with Crippen LogP contribution in [0.4, 0.5) is 5.69 Å². The van der Waals surface area contributed by atoms with Crippen LogP contribution >= 0.6 is 23.2 Å². The van der Waals surface area contributed by atoms with Crippen LogP contribution < -0.4 is 10.6 Å². The Kier molecular flexibility index (Phi) is 6.95. The zero-order valence-electron chi connectivity index (χ0n) is 11.8. The van der Waals surface area contributed by atoms with E-state index in [9.17, 15) is 9.59 Å². The van der Waals surface area contributed by atoms with Gasteiger partial charge in [-0.15, -0.1) is 0 Å². The molecule has 0 saturated heterocycles. The quantitative estimate of drug-likeness (QED) is 0.716. The Morgan fingerprint density at radius 2 is 2.00 bits per heavy atom. The third kappa shape index (κ3) is 5.19. The summed E-state index contributed by atoms with van der Waals surface area (Å²) in [5, 5.41) is 15.1. The predicted molar refractivity (Wildman–Crippen MR) is 84.0 cm³/mol. The first-order chi connectivity index (χ1) is 9.86. The minimum absolute atomic E-state index is 0.253. The zero-order chi connectivity index (χ0) is 16.0. The first-order valence-corrected chi connectivity index (χ1v) is 7.36. The summed E-state index contributed by atoms with van der Waals surface area (Å²) in [4.78, 5) is 23.1. The molecule has 5 nitrogen and oxygen atoms in total. The van der Waals surface area contributed by atoms with Crippen molar-refractivity contribution in [2.75, 3.05) is 5.32 Å². The molecule has 1 aromatic rings. The van der Waals surface area contributed by atoms with Crippen molar-refractivity contribution in [1.29, 1.82) is 0 Å². The fourth-order valence-electron chi connectivity index (χ4n) is 1.79. The van der Waals surface area contributed by atoms with Gasteiger partial charge in [0.05, 0.1) is 21.8 Å². The van der Waals surface area contributed by atoms with Gasteiger partial charge in [0.1, 0.15) is 6.04 Å². The lowest BCUT2D eigenvalue weighted by atomic mass is 10.1. The Hall–Kier alpha value is -1.30. The molecule has 0 aromatic heterocycles. The maximum absolute atomic E-state index is 12.1. The number of nitrogens with one attached hydrogen (secondary N) is 2. The molecule has 0 aliphatic carbocycles. The van der Waals surface area contributed by atoms with Crippen molar-refractivity contribution in [3.63, 3.8) is 0 Å². The number of rotatable bonds is 7. The summed E-state index contributed by atoms with van der Waals surface area (Å²) in [6, 6.07) is 3.47. The lowest BCUT2D eigenvalue weighted by molar-refractivity contribution is -0.140. The van der Waals surface area contributed by atoms with E-state index >= 15 is 0 Å². The summed E-state index contributed by atoms with van der Waals surface area (Å²) >= 11 is 11.9. The molecule has 21 heavy (non-hydrogen) atoms. The summed E-state index contributed by atoms with van der Waals surface area (Å²) < 4.78 is 0. The van der Waals surface area contributed by atoms with E-state index in [1.807, 2.05) is 6.92 Å². The summed E-state index contributed by atoms with van der Waals surface area (Å²) in [6.45, 7) is 3.48. The van der Waals surface area contributed by atoms with Gasteiger partial charge in [-0.25, -0.2) is 0 Å². The monoisotopic (exact) mass is 332 g/mol. The highest BCUT2D eigenvalue weighted by atomic mass is 35.5. The SMILES string of the molecule is CCCC(NC(C)C(=O)Nc1cccc(Cl)c1Cl)C(=O)O. The number of carboxylic acid groups (broad SMARTS) is 1. The van der Waals surface area contributed by atoms with Gasteiger partial charge in [-0.2, -0.15) is 0 Å². The minimum atomic E-state index is -0.975. The maximum atomic E-state index is 12.1. The van der Waals surface area contributed by atoms with Crippen LogP contribution in [0.3, 0.4) is 0 Å². The van der Waals surface area contributed by atoms with Gasteiger partial charge >= 0.3 is 5.97 Å². The van der Waals surface area contributed by atoms with E-state index < -0.39 is 18.1 Å². The molecule has 0 aliphatic rings. The summed E-state index contributed by atoms with van der Waals surface area (Å²) in [5.41, 5.74) is 0.394. The fourth-order valence-corrected chi connectivity index (χ4v) is 2.13. The molecule has 3 N–H and O–H groups in total. The molecule has 1 aromatic carbocycles. The number of benzene rings is 1. The molecule has 0 saturated carbocycles. The van der Waals surface area contributed by atoms with Crippen LogP contribution in [0.25, 0.3) is 0 Å². The molecule has 1 rings (SSSR count). The summed E-state index contributed by atoms with van der Waals surface area (Å²) in [5.74, 6) is -1.35. The minimum Gasteiger partial charge on any atom is -0.480 e. The van der Waals surface area contributed by atoms with Crippen molar-refractivity contribution in [3.05, 3.63) is 28.2 Å². The number of carbonyl (C=O) groups is 2. The number of hydrogen-bond acceptors (Lipinski definition) is 3. The van der Waals surface area contributed by atoms with Gasteiger partial charge in [0.15, 0.2) is 0 Å². The topological polar surface area (TPSA) is 78.4 Å². The van der Waals surface area contributed by atoms with Gasteiger partial charge in [-0.05, 0) is 25.5 Å². The normalized spacial score (nSPS) is 13.5. The van der Waals surface area contributed by atoms with Crippen molar-refractivity contribution in [3.8, 4) is 0 Å². The van der Waals surface area contributed by atoms with E-state index in [1.165, 1.54) is 0 Å². The highest BCUT2D eigenvalue weighted by Crippen LogP contribution is 2.29. The Morgan fingerprint density at radius 3 is 2.57 bits per heavy atom. The molecule has 7 heteroatoms. The predicted octanol–water partition coefficient (Wildman–Crippen LogP) is 3.16. The van der Waals surface area contributed by atoms with E-state index in [-0.39, 0.29) is 10.9 Å². The number of anilines is 1. The number of amides is 1. The Morgan fingerprint density at radius 1 is 1.33 bits per heavy atom. The number of aliphatic carboxylic acids is 1. The number of halogens is 2. The molecule has 2 atom stereocenters. The lowest BCUT2D eigenvalue weighted by Crippen LogP contribution is -2.47. The summed E-state index contributed by atoms with van der Waals surface area (Å²) in [6.07, 6.45) is 1.16. The lowest BCUT2D eigenvalue weighted by Gasteiger charge is -2.19. The molecule has 2 unspecified atom stereocenters. The van der Waals surface area contributed by atoms with Gasteiger partial charge in [0, 0.05) is 0 Å². The third-order valence-electron chi connectivity index (χ3n) is 2.93. The molecule has 0 radical (unpaired) electrons. The van der Waals surface area contributed by atoms with Crippen molar-refractivity contribution in [1.82, 2.24) is 5.32 Å². The van der Waals surface area contributed by atoms with Crippen molar-refractivity contribution >= 4 is 40.8 Å². The van der Waals surface area contributed by atoms with Crippen LogP contribution in [-0.4, -0.2) is 29.1 Å². The van der Waals surface area contributed by atoms with E-state index in [0.29, 0.717) is 23.6 Å². The molecule has 0 fully saturated rings. The summed E-state index contributed by atoms with van der Waals surface area (Å²) in [7, 11) is 0. The standard InChI is InChI=1S/C14H18Cl2N2O3/c1-3-5-11(14(20)21)17-8(2)13(19)18-10-7-4-6-9(15)12(10)16/h4,6-8,11,17H,3,5H2,1-2H3,(H,18,19)(H,20,21). The van der Waals surface area contributed by atoms with E-state index in [4.69, 9.17) is 28.3 Å². The number of hydrogen-bond donors (Lipinski definition) is 3. The first kappa shape index (κ1) is 17.8. The smallest absolute Gasteiger partial charge is 0.320 e. The van der Waals surface area contributed by atoms with E-state index in [2.05, 4.69) is 10.6 Å². The van der Waals surface area contributed by atoms with Gasteiger partial charge in [-0.3, -0.25) is 14.9 Å². The third-order valence-corrected chi connectivity index (χ3v) is 3.75. The average Bonchev–Trinajstić information content (AvgIpc) is 2.43. The van der Waals surface area contributed by atoms with E-state index in [1.54, 1.807) is 25.1 Å². The van der Waals surface area contributed by atoms with Crippen molar-refractivity contribution < 1.29 is 14.7 Å². The molecule has 0 aliphatic heterocycles. The zero-order valence-corrected chi connectivity index (χ0v) is 13.3. The molecular formula is C14H18Cl2N2O3. The van der Waals surface area contributed by atoms with Crippen LogP contribution in [0.5, 0.6) is 0 Å². The van der Waals surface area contributed by atoms with E-state index in [0.717, 1.165) is 0 Å². The maximum Gasteiger partial charge on any atom is 0.320 e. The highest BCUT2D eigenvalue weighted by Gasteiger charge is 2.22. The molecule has 0 bridgehead atoms. The van der Waals surface area contributed by atoms with Crippen molar-refractivity contribution in [2.24, 2.45) is 0 Å². The second kappa shape index (κ2) is 8.22. The average molecular weight is 333 g/mol. The van der Waals surface area contributed by atoms with Crippen LogP contribution in [0, 0.1) is 0 Å². The molecule has 116 valence electrons. The van der Waals surface area contributed by atoms with Crippen LogP contribution in [-0.2, 0) is 9.59 Å². The van der Waals surface area contributed by atoms with Gasteiger partial charge in [-0.1, -0.05) is 42.6 Å². The van der Waals surface area contributed by atoms with Gasteiger partial charge in [0.2, 0.25) is 5.91 Å². The molecule has 0 heterocycles.